The maximum absolute atomic E-state index is 12.3. The van der Waals surface area contributed by atoms with Gasteiger partial charge in [-0.15, -0.1) is 11.8 Å². The van der Waals surface area contributed by atoms with Crippen LogP contribution in [-0.4, -0.2) is 68.5 Å². The van der Waals surface area contributed by atoms with Crippen molar-refractivity contribution in [3.8, 4) is 5.75 Å². The third kappa shape index (κ3) is 6.03. The minimum absolute atomic E-state index is 0.296. The number of aromatic nitrogens is 3. The van der Waals surface area contributed by atoms with E-state index in [1.807, 2.05) is 6.07 Å². The van der Waals surface area contributed by atoms with E-state index in [0.29, 0.717) is 66.0 Å². The Kier molecular flexibility index (Phi) is 8.43. The highest BCUT2D eigenvalue weighted by Gasteiger charge is 2.41. The van der Waals surface area contributed by atoms with E-state index in [1.54, 1.807) is 49.6 Å². The zero-order chi connectivity index (χ0) is 24.8. The molecule has 2 aromatic heterocycles. The Morgan fingerprint density at radius 1 is 1.26 bits per heavy atom. The lowest BCUT2D eigenvalue weighted by atomic mass is 9.74. The summed E-state index contributed by atoms with van der Waals surface area (Å²) in [4.78, 5) is 27.3. The number of aliphatic carboxylic acids is 1. The number of aliphatic hydroxyl groups excluding tert-OH is 1. The van der Waals surface area contributed by atoms with Gasteiger partial charge in [0.05, 0.1) is 35.4 Å². The number of thioether (sulfide) groups is 1. The molecular weight excluding hydrogens is 488 g/mol. The van der Waals surface area contributed by atoms with Crippen molar-refractivity contribution in [3.63, 3.8) is 0 Å². The fourth-order valence-electron chi connectivity index (χ4n) is 4.61. The van der Waals surface area contributed by atoms with Crippen LogP contribution in [0.2, 0.25) is 5.02 Å². The minimum Gasteiger partial charge on any atom is -0.497 e. The lowest BCUT2D eigenvalue weighted by Crippen LogP contribution is -2.45. The number of fused-ring (bicyclic) bond motifs is 1. The summed E-state index contributed by atoms with van der Waals surface area (Å²) in [5.74, 6) is 0.710. The van der Waals surface area contributed by atoms with E-state index in [-0.39, 0.29) is 0 Å². The molecule has 2 N–H and O–H groups in total. The van der Waals surface area contributed by atoms with E-state index in [2.05, 4.69) is 19.9 Å². The van der Waals surface area contributed by atoms with E-state index in [1.165, 1.54) is 6.20 Å². The fraction of sp³-hybridized carbons (Fsp3) is 0.440. The van der Waals surface area contributed by atoms with Gasteiger partial charge in [-0.25, -0.2) is 4.98 Å². The van der Waals surface area contributed by atoms with E-state index >= 15 is 0 Å². The summed E-state index contributed by atoms with van der Waals surface area (Å²) in [6.45, 7) is 2.28. The quantitative estimate of drug-likeness (QED) is 0.377. The molecule has 10 heteroatoms. The molecule has 8 nitrogen and oxygen atoms in total. The average molecular weight is 517 g/mol. The first-order chi connectivity index (χ1) is 16.9. The molecule has 1 atom stereocenters. The molecule has 1 aliphatic heterocycles. The predicted molar refractivity (Wildman–Crippen MR) is 136 cm³/mol. The van der Waals surface area contributed by atoms with Crippen LogP contribution in [0.1, 0.15) is 37.4 Å². The SMILES string of the molecule is COc1ccc2ncc(Cl)c([C@@H](O)CCC3(C(=O)O)CCN(CCSc4cnccn4)CC3)c2c1. The summed E-state index contributed by atoms with van der Waals surface area (Å²) >= 11 is 8.07. The van der Waals surface area contributed by atoms with E-state index < -0.39 is 17.5 Å². The molecule has 3 aromatic rings. The number of methoxy groups -OCH3 is 1. The van der Waals surface area contributed by atoms with Gasteiger partial charge in [-0.2, -0.15) is 0 Å². The Labute approximate surface area is 213 Å². The van der Waals surface area contributed by atoms with Crippen LogP contribution in [0, 0.1) is 5.41 Å². The van der Waals surface area contributed by atoms with Gasteiger partial charge >= 0.3 is 5.97 Å². The highest BCUT2D eigenvalue weighted by Crippen LogP contribution is 2.41. The number of rotatable bonds is 10. The highest BCUT2D eigenvalue weighted by atomic mass is 35.5. The van der Waals surface area contributed by atoms with Crippen molar-refractivity contribution in [1.82, 2.24) is 19.9 Å². The average Bonchev–Trinajstić information content (AvgIpc) is 2.88. The smallest absolute Gasteiger partial charge is 0.309 e. The summed E-state index contributed by atoms with van der Waals surface area (Å²) in [5, 5.41) is 23.2. The maximum Gasteiger partial charge on any atom is 0.309 e. The van der Waals surface area contributed by atoms with Crippen LogP contribution in [0.4, 0.5) is 0 Å². The molecule has 0 unspecified atom stereocenters. The van der Waals surface area contributed by atoms with Crippen molar-refractivity contribution < 1.29 is 19.7 Å². The lowest BCUT2D eigenvalue weighted by molar-refractivity contribution is -0.153. The number of carboxylic acid groups (broad SMARTS) is 1. The first-order valence-electron chi connectivity index (χ1n) is 11.6. The molecule has 3 heterocycles. The first kappa shape index (κ1) is 25.6. The standard InChI is InChI=1S/C25H29ClN4O4S/c1-34-17-2-3-20-18(14-17)23(19(26)15-29-20)21(31)4-5-25(24(32)33)6-10-30(11-7-25)12-13-35-22-16-27-8-9-28-22/h2-3,8-9,14-16,21,31H,4-7,10-13H2,1H3,(H,32,33)/t21-/m0/s1. The Morgan fingerprint density at radius 2 is 2.06 bits per heavy atom. The number of hydrogen-bond donors (Lipinski definition) is 2. The number of benzene rings is 1. The lowest BCUT2D eigenvalue weighted by Gasteiger charge is -2.39. The molecule has 1 saturated heterocycles. The van der Waals surface area contributed by atoms with Gasteiger partial charge in [0.25, 0.3) is 0 Å². The van der Waals surface area contributed by atoms with Crippen molar-refractivity contribution in [2.24, 2.45) is 5.41 Å². The number of halogens is 1. The van der Waals surface area contributed by atoms with Crippen molar-refractivity contribution in [1.29, 1.82) is 0 Å². The summed E-state index contributed by atoms with van der Waals surface area (Å²) in [6.07, 6.45) is 7.46. The Bertz CT molecular complexity index is 1160. The van der Waals surface area contributed by atoms with Crippen LogP contribution in [-0.2, 0) is 4.79 Å². The fourth-order valence-corrected chi connectivity index (χ4v) is 5.71. The molecule has 186 valence electrons. The Morgan fingerprint density at radius 3 is 2.74 bits per heavy atom. The van der Waals surface area contributed by atoms with Crippen molar-refractivity contribution >= 4 is 40.2 Å². The number of pyridine rings is 1. The zero-order valence-corrected chi connectivity index (χ0v) is 21.1. The molecule has 0 aliphatic carbocycles. The van der Waals surface area contributed by atoms with Crippen LogP contribution in [0.3, 0.4) is 0 Å². The maximum atomic E-state index is 12.3. The van der Waals surface area contributed by atoms with Crippen molar-refractivity contribution in [2.75, 3.05) is 32.5 Å². The van der Waals surface area contributed by atoms with Crippen molar-refractivity contribution in [3.05, 3.63) is 53.6 Å². The second-order valence-electron chi connectivity index (χ2n) is 8.78. The molecule has 4 rings (SSSR count). The predicted octanol–water partition coefficient (Wildman–Crippen LogP) is 4.46. The van der Waals surface area contributed by atoms with Crippen LogP contribution in [0.5, 0.6) is 5.75 Å². The van der Waals surface area contributed by atoms with Gasteiger partial charge in [0.1, 0.15) is 10.8 Å². The van der Waals surface area contributed by atoms with Gasteiger partial charge in [0.2, 0.25) is 0 Å². The molecule has 0 amide bonds. The number of nitrogens with zero attached hydrogens (tertiary/aromatic N) is 4. The largest absolute Gasteiger partial charge is 0.497 e. The first-order valence-corrected chi connectivity index (χ1v) is 12.9. The molecule has 0 spiro atoms. The molecule has 0 bridgehead atoms. The summed E-state index contributed by atoms with van der Waals surface area (Å²) in [7, 11) is 1.58. The van der Waals surface area contributed by atoms with Gasteiger partial charge in [-0.05, 0) is 57.0 Å². The second kappa shape index (κ2) is 11.5. The number of aliphatic hydroxyl groups is 1. The van der Waals surface area contributed by atoms with Gasteiger partial charge in [0, 0.05) is 41.8 Å². The topological polar surface area (TPSA) is 109 Å². The van der Waals surface area contributed by atoms with Crippen LogP contribution >= 0.6 is 23.4 Å². The molecule has 35 heavy (non-hydrogen) atoms. The molecule has 0 saturated carbocycles. The Hall–Kier alpha value is -2.46. The number of likely N-dealkylation sites (tertiary alicyclic amines) is 1. The summed E-state index contributed by atoms with van der Waals surface area (Å²) in [5.41, 5.74) is 0.405. The number of ether oxygens (including phenoxy) is 1. The molecule has 0 radical (unpaired) electrons. The van der Waals surface area contributed by atoms with E-state index in [4.69, 9.17) is 16.3 Å². The van der Waals surface area contributed by atoms with E-state index in [9.17, 15) is 15.0 Å². The van der Waals surface area contributed by atoms with Crippen molar-refractivity contribution in [2.45, 2.75) is 36.8 Å². The van der Waals surface area contributed by atoms with E-state index in [0.717, 1.165) is 17.3 Å². The number of hydrogen-bond acceptors (Lipinski definition) is 8. The normalized spacial score (nSPS) is 16.8. The third-order valence-corrected chi connectivity index (χ3v) is 7.96. The van der Waals surface area contributed by atoms with Gasteiger partial charge in [-0.3, -0.25) is 14.8 Å². The molecule has 1 aliphatic rings. The summed E-state index contributed by atoms with van der Waals surface area (Å²) < 4.78 is 5.32. The molecular formula is C25H29ClN4O4S. The van der Waals surface area contributed by atoms with Crippen LogP contribution in [0.15, 0.2) is 48.0 Å². The molecule has 1 aromatic carbocycles. The van der Waals surface area contributed by atoms with Crippen LogP contribution < -0.4 is 4.74 Å². The minimum atomic E-state index is -0.905. The number of carbonyl (C=O) groups is 1. The Balaban J connectivity index is 1.38. The second-order valence-corrected chi connectivity index (χ2v) is 10.3. The van der Waals surface area contributed by atoms with Crippen LogP contribution in [0.25, 0.3) is 10.9 Å². The van der Waals surface area contributed by atoms with Gasteiger partial charge in [0.15, 0.2) is 0 Å². The highest BCUT2D eigenvalue weighted by molar-refractivity contribution is 7.99. The van der Waals surface area contributed by atoms with Gasteiger partial charge in [-0.1, -0.05) is 11.6 Å². The summed E-state index contributed by atoms with van der Waals surface area (Å²) in [6, 6.07) is 5.42. The molecule has 1 fully saturated rings. The monoisotopic (exact) mass is 516 g/mol. The number of carboxylic acids is 1. The third-order valence-electron chi connectivity index (χ3n) is 6.76. The zero-order valence-electron chi connectivity index (χ0n) is 19.6. The number of piperidine rings is 1. The van der Waals surface area contributed by atoms with Gasteiger partial charge < -0.3 is 19.8 Å².